The second-order valence-electron chi connectivity index (χ2n) is 4.28. The molecule has 0 aromatic heterocycles. The molecule has 3 N–H and O–H groups in total. The van der Waals surface area contributed by atoms with Crippen molar-refractivity contribution in [2.45, 2.75) is 31.9 Å². The molecule has 0 aromatic rings. The number of hydrogen-bond donors (Lipinski definition) is 2. The standard InChI is InChI=1S/C10H17F3N2O2/c11-10(12,13)8(9(14)15-16)6-17-5-4-7-2-1-3-7/h7-8,16H,1-6H2,(H2,14,15). The van der Waals surface area contributed by atoms with Gasteiger partial charge in [-0.05, 0) is 12.3 Å². The van der Waals surface area contributed by atoms with Gasteiger partial charge in [-0.15, -0.1) is 0 Å². The summed E-state index contributed by atoms with van der Waals surface area (Å²) in [4.78, 5) is 0. The smallest absolute Gasteiger partial charge is 0.401 e. The van der Waals surface area contributed by atoms with E-state index in [1.807, 2.05) is 0 Å². The molecule has 7 heteroatoms. The summed E-state index contributed by atoms with van der Waals surface area (Å²) >= 11 is 0. The van der Waals surface area contributed by atoms with Crippen LogP contribution in [0.4, 0.5) is 13.2 Å². The van der Waals surface area contributed by atoms with E-state index in [1.165, 1.54) is 6.42 Å². The van der Waals surface area contributed by atoms with Gasteiger partial charge < -0.3 is 15.7 Å². The Hall–Kier alpha value is -0.980. The Kier molecular flexibility index (Phi) is 5.04. The van der Waals surface area contributed by atoms with E-state index in [0.717, 1.165) is 19.3 Å². The minimum absolute atomic E-state index is 0.288. The quantitative estimate of drug-likeness (QED) is 0.251. The van der Waals surface area contributed by atoms with Crippen LogP contribution in [0.1, 0.15) is 25.7 Å². The molecule has 0 spiro atoms. The first-order chi connectivity index (χ1) is 7.95. The lowest BCUT2D eigenvalue weighted by Gasteiger charge is -2.25. The van der Waals surface area contributed by atoms with Gasteiger partial charge in [0.2, 0.25) is 0 Å². The largest absolute Gasteiger partial charge is 0.409 e. The number of halogens is 3. The first-order valence-electron chi connectivity index (χ1n) is 5.57. The zero-order valence-electron chi connectivity index (χ0n) is 9.41. The number of nitrogens with two attached hydrogens (primary N) is 1. The van der Waals surface area contributed by atoms with Crippen molar-refractivity contribution in [3.63, 3.8) is 0 Å². The van der Waals surface area contributed by atoms with Crippen molar-refractivity contribution in [2.75, 3.05) is 13.2 Å². The van der Waals surface area contributed by atoms with E-state index in [4.69, 9.17) is 15.7 Å². The maximum absolute atomic E-state index is 12.5. The topological polar surface area (TPSA) is 67.8 Å². The molecule has 100 valence electrons. The lowest BCUT2D eigenvalue weighted by atomic mass is 9.83. The Labute approximate surface area is 97.6 Å². The van der Waals surface area contributed by atoms with Gasteiger partial charge in [0.1, 0.15) is 5.92 Å². The molecular formula is C10H17F3N2O2. The lowest BCUT2D eigenvalue weighted by molar-refractivity contribution is -0.168. The highest BCUT2D eigenvalue weighted by Gasteiger charge is 2.43. The summed E-state index contributed by atoms with van der Waals surface area (Å²) in [7, 11) is 0. The summed E-state index contributed by atoms with van der Waals surface area (Å²) in [6.45, 7) is -0.304. The first-order valence-corrected chi connectivity index (χ1v) is 5.57. The van der Waals surface area contributed by atoms with E-state index in [2.05, 4.69) is 5.16 Å². The SMILES string of the molecule is NC(=NO)C(COCCC1CCC1)C(F)(F)F. The third-order valence-corrected chi connectivity index (χ3v) is 3.05. The second kappa shape index (κ2) is 6.09. The number of rotatable bonds is 6. The van der Waals surface area contributed by atoms with E-state index >= 15 is 0 Å². The normalized spacial score (nSPS) is 20.1. The molecule has 0 heterocycles. The molecule has 1 saturated carbocycles. The lowest BCUT2D eigenvalue weighted by Crippen LogP contribution is -2.39. The molecular weight excluding hydrogens is 237 g/mol. The highest BCUT2D eigenvalue weighted by molar-refractivity contribution is 5.83. The monoisotopic (exact) mass is 254 g/mol. The zero-order valence-corrected chi connectivity index (χ0v) is 9.41. The summed E-state index contributed by atoms with van der Waals surface area (Å²) in [5, 5.41) is 10.7. The van der Waals surface area contributed by atoms with Crippen LogP contribution < -0.4 is 5.73 Å². The molecule has 1 fully saturated rings. The Bertz CT molecular complexity index is 265. The fraction of sp³-hybridized carbons (Fsp3) is 0.900. The van der Waals surface area contributed by atoms with Gasteiger partial charge in [-0.25, -0.2) is 0 Å². The van der Waals surface area contributed by atoms with Crippen LogP contribution in [-0.4, -0.2) is 30.4 Å². The van der Waals surface area contributed by atoms with Crippen LogP contribution in [0, 0.1) is 11.8 Å². The van der Waals surface area contributed by atoms with E-state index in [9.17, 15) is 13.2 Å². The minimum atomic E-state index is -4.55. The van der Waals surface area contributed by atoms with E-state index in [1.54, 1.807) is 0 Å². The summed E-state index contributed by atoms with van der Waals surface area (Å²) in [5.41, 5.74) is 4.98. The van der Waals surface area contributed by atoms with Crippen LogP contribution in [0.2, 0.25) is 0 Å². The fourth-order valence-electron chi connectivity index (χ4n) is 1.65. The van der Waals surface area contributed by atoms with Gasteiger partial charge in [-0.2, -0.15) is 13.2 Å². The van der Waals surface area contributed by atoms with Crippen LogP contribution in [0.5, 0.6) is 0 Å². The summed E-state index contributed by atoms with van der Waals surface area (Å²) in [6, 6.07) is 0. The van der Waals surface area contributed by atoms with Crippen molar-refractivity contribution in [1.29, 1.82) is 0 Å². The van der Waals surface area contributed by atoms with Crippen molar-refractivity contribution < 1.29 is 23.1 Å². The molecule has 1 aliphatic rings. The van der Waals surface area contributed by atoms with E-state index < -0.39 is 24.5 Å². The van der Waals surface area contributed by atoms with Gasteiger partial charge in [-0.3, -0.25) is 0 Å². The molecule has 0 aliphatic heterocycles. The van der Waals surface area contributed by atoms with Gasteiger partial charge in [0.15, 0.2) is 5.84 Å². The molecule has 0 radical (unpaired) electrons. The Morgan fingerprint density at radius 2 is 2.12 bits per heavy atom. The molecule has 0 saturated heterocycles. The van der Waals surface area contributed by atoms with E-state index in [0.29, 0.717) is 5.92 Å². The number of alkyl halides is 3. The average molecular weight is 254 g/mol. The van der Waals surface area contributed by atoms with Gasteiger partial charge in [0, 0.05) is 6.61 Å². The van der Waals surface area contributed by atoms with Gasteiger partial charge in [0.05, 0.1) is 6.61 Å². The average Bonchev–Trinajstić information content (AvgIpc) is 2.17. The number of nitrogens with zero attached hydrogens (tertiary/aromatic N) is 1. The third-order valence-electron chi connectivity index (χ3n) is 3.05. The number of ether oxygens (including phenoxy) is 1. The number of amidine groups is 1. The Balaban J connectivity index is 2.28. The highest BCUT2D eigenvalue weighted by Crippen LogP contribution is 2.30. The fourth-order valence-corrected chi connectivity index (χ4v) is 1.65. The van der Waals surface area contributed by atoms with E-state index in [-0.39, 0.29) is 6.61 Å². The number of oxime groups is 1. The van der Waals surface area contributed by atoms with Crippen LogP contribution in [0.3, 0.4) is 0 Å². The molecule has 1 atom stereocenters. The van der Waals surface area contributed by atoms with Crippen molar-refractivity contribution in [2.24, 2.45) is 22.7 Å². The molecule has 0 bridgehead atoms. The van der Waals surface area contributed by atoms with Crippen molar-refractivity contribution >= 4 is 5.84 Å². The van der Waals surface area contributed by atoms with Crippen LogP contribution >= 0.6 is 0 Å². The molecule has 0 amide bonds. The van der Waals surface area contributed by atoms with Crippen LogP contribution in [0.15, 0.2) is 5.16 Å². The zero-order chi connectivity index (χ0) is 12.9. The van der Waals surface area contributed by atoms with Gasteiger partial charge in [-0.1, -0.05) is 24.4 Å². The second-order valence-corrected chi connectivity index (χ2v) is 4.28. The summed E-state index contributed by atoms with van der Waals surface area (Å²) in [6.07, 6.45) is -0.313. The maximum atomic E-state index is 12.5. The van der Waals surface area contributed by atoms with Crippen LogP contribution in [0.25, 0.3) is 0 Å². The first kappa shape index (κ1) is 14.1. The third kappa shape index (κ3) is 4.41. The predicted octanol–water partition coefficient (Wildman–Crippen LogP) is 2.12. The molecule has 1 rings (SSSR count). The van der Waals surface area contributed by atoms with Crippen molar-refractivity contribution in [1.82, 2.24) is 0 Å². The molecule has 1 aliphatic carbocycles. The summed E-state index contributed by atoms with van der Waals surface area (Å²) < 4.78 is 42.4. The van der Waals surface area contributed by atoms with Crippen LogP contribution in [-0.2, 0) is 4.74 Å². The predicted molar refractivity (Wildman–Crippen MR) is 55.7 cm³/mol. The van der Waals surface area contributed by atoms with Crippen molar-refractivity contribution in [3.05, 3.63) is 0 Å². The Morgan fingerprint density at radius 1 is 1.47 bits per heavy atom. The Morgan fingerprint density at radius 3 is 2.53 bits per heavy atom. The molecule has 4 nitrogen and oxygen atoms in total. The molecule has 0 aromatic carbocycles. The summed E-state index contributed by atoms with van der Waals surface area (Å²) in [5.74, 6) is -2.31. The molecule has 1 unspecified atom stereocenters. The van der Waals surface area contributed by atoms with Gasteiger partial charge >= 0.3 is 6.18 Å². The van der Waals surface area contributed by atoms with Gasteiger partial charge in [0.25, 0.3) is 0 Å². The van der Waals surface area contributed by atoms with Crippen molar-refractivity contribution in [3.8, 4) is 0 Å². The maximum Gasteiger partial charge on any atom is 0.401 e. The highest BCUT2D eigenvalue weighted by atomic mass is 19.4. The molecule has 17 heavy (non-hydrogen) atoms. The number of hydrogen-bond acceptors (Lipinski definition) is 3. The minimum Gasteiger partial charge on any atom is -0.409 e.